The van der Waals surface area contributed by atoms with Gasteiger partial charge in [-0.05, 0) is 28.7 Å². The number of hydrogen-bond donors (Lipinski definition) is 0. The molecule has 0 aromatic carbocycles. The molecule has 0 saturated carbocycles. The van der Waals surface area contributed by atoms with Crippen LogP contribution >= 0.6 is 0 Å². The molecule has 0 N–H and O–H groups in total. The van der Waals surface area contributed by atoms with E-state index in [4.69, 9.17) is 0 Å². The first-order valence-corrected chi connectivity index (χ1v) is 11.6. The second-order valence-electron chi connectivity index (χ2n) is 9.15. The predicted octanol–water partition coefficient (Wildman–Crippen LogP) is 8.33. The van der Waals surface area contributed by atoms with Gasteiger partial charge in [0.05, 0.1) is 0 Å². The highest BCUT2D eigenvalue weighted by Gasteiger charge is 2.57. The highest BCUT2D eigenvalue weighted by atomic mass is 14.6. The van der Waals surface area contributed by atoms with Crippen LogP contribution in [0.4, 0.5) is 0 Å². The van der Waals surface area contributed by atoms with Crippen molar-refractivity contribution in [2.75, 3.05) is 0 Å². The third-order valence-corrected chi connectivity index (χ3v) is 7.64. The summed E-state index contributed by atoms with van der Waals surface area (Å²) >= 11 is 0. The highest BCUT2D eigenvalue weighted by molar-refractivity contribution is 5.66. The normalized spacial score (nSPS) is 29.1. The molecule has 0 heterocycles. The number of hydrogen-bond acceptors (Lipinski definition) is 0. The van der Waals surface area contributed by atoms with Crippen LogP contribution in [0.5, 0.6) is 0 Å². The molecule has 0 amide bonds. The summed E-state index contributed by atoms with van der Waals surface area (Å²) in [7, 11) is 0. The average Bonchev–Trinajstić information content (AvgIpc) is 2.71. The van der Waals surface area contributed by atoms with Crippen molar-refractivity contribution in [3.63, 3.8) is 0 Å². The lowest BCUT2D eigenvalue weighted by molar-refractivity contribution is 0.200. The molecule has 0 spiro atoms. The van der Waals surface area contributed by atoms with E-state index in [1.165, 1.54) is 86.5 Å². The first-order valence-electron chi connectivity index (χ1n) is 11.6. The molecule has 2 unspecified atom stereocenters. The van der Waals surface area contributed by atoms with Crippen LogP contribution in [0, 0.1) is 10.8 Å². The summed E-state index contributed by atoms with van der Waals surface area (Å²) < 4.78 is 0. The van der Waals surface area contributed by atoms with Crippen molar-refractivity contribution in [3.8, 4) is 0 Å². The van der Waals surface area contributed by atoms with Crippen LogP contribution in [0.15, 0.2) is 83.1 Å². The number of allylic oxidation sites excluding steroid dienone is 14. The lowest BCUT2D eigenvalue weighted by Gasteiger charge is -2.57. The van der Waals surface area contributed by atoms with Crippen LogP contribution in [-0.4, -0.2) is 0 Å². The van der Waals surface area contributed by atoms with Gasteiger partial charge in [0, 0.05) is 10.8 Å². The van der Waals surface area contributed by atoms with E-state index in [-0.39, 0.29) is 10.8 Å². The number of unbranched alkanes of at least 4 members (excludes halogenated alkanes) is 8. The molecule has 0 aromatic heterocycles. The average molecular weight is 373 g/mol. The van der Waals surface area contributed by atoms with Crippen LogP contribution in [0.2, 0.25) is 0 Å². The minimum atomic E-state index is 0.0807. The van der Waals surface area contributed by atoms with Crippen LogP contribution < -0.4 is 0 Å². The Hall–Kier alpha value is -1.82. The molecule has 0 bridgehead atoms. The van der Waals surface area contributed by atoms with Crippen LogP contribution in [0.3, 0.4) is 0 Å². The Balaban J connectivity index is 1.46. The van der Waals surface area contributed by atoms with Gasteiger partial charge < -0.3 is 0 Å². The third-order valence-electron chi connectivity index (χ3n) is 7.64. The molecule has 4 aliphatic carbocycles. The zero-order valence-electron chi connectivity index (χ0n) is 17.8. The summed E-state index contributed by atoms with van der Waals surface area (Å²) in [5.41, 5.74) is 6.20. The lowest BCUT2D eigenvalue weighted by Crippen LogP contribution is -2.48. The van der Waals surface area contributed by atoms with Crippen molar-refractivity contribution in [3.05, 3.63) is 83.1 Å². The molecule has 0 heteroatoms. The topological polar surface area (TPSA) is 0 Å². The smallest absolute Gasteiger partial charge is 0.0337 e. The molecule has 148 valence electrons. The Bertz CT molecular complexity index is 807. The molecule has 0 saturated heterocycles. The fourth-order valence-electron chi connectivity index (χ4n) is 5.97. The fourth-order valence-corrected chi connectivity index (χ4v) is 5.97. The quantitative estimate of drug-likeness (QED) is 0.338. The standard InChI is InChI=1S/C28H36/c1-3-4-5-6-7-8-9-10-11-22-28-25-16-13-17-26(28)21-19-24-15-12-14-23(18-20-25)27(24,28)2/h12-21H,3-11,22H2,1-2H3. The Labute approximate surface area is 172 Å². The molecule has 4 rings (SSSR count). The monoisotopic (exact) mass is 372 g/mol. The molecule has 0 nitrogen and oxygen atoms in total. The molecule has 0 radical (unpaired) electrons. The molecule has 0 aliphatic heterocycles. The Kier molecular flexibility index (Phi) is 5.76. The highest BCUT2D eigenvalue weighted by Crippen LogP contribution is 2.66. The molecular weight excluding hydrogens is 336 g/mol. The van der Waals surface area contributed by atoms with Gasteiger partial charge in [-0.3, -0.25) is 0 Å². The van der Waals surface area contributed by atoms with Gasteiger partial charge in [0.15, 0.2) is 0 Å². The van der Waals surface area contributed by atoms with E-state index in [1.54, 1.807) is 0 Å². The maximum Gasteiger partial charge on any atom is 0.0337 e. The van der Waals surface area contributed by atoms with E-state index in [0.29, 0.717) is 0 Å². The van der Waals surface area contributed by atoms with Gasteiger partial charge in [-0.2, -0.15) is 0 Å². The summed E-state index contributed by atoms with van der Waals surface area (Å²) in [6.07, 6.45) is 37.2. The summed E-state index contributed by atoms with van der Waals surface area (Å²) in [6.45, 7) is 4.79. The van der Waals surface area contributed by atoms with E-state index in [0.717, 1.165) is 0 Å². The van der Waals surface area contributed by atoms with E-state index in [1.807, 2.05) is 0 Å². The van der Waals surface area contributed by atoms with Crippen molar-refractivity contribution in [2.45, 2.75) is 78.1 Å². The molecular formula is C28H36. The Morgan fingerprint density at radius 1 is 0.571 bits per heavy atom. The predicted molar refractivity (Wildman–Crippen MR) is 122 cm³/mol. The van der Waals surface area contributed by atoms with Crippen molar-refractivity contribution in [1.29, 1.82) is 0 Å². The minimum Gasteiger partial charge on any atom is -0.0654 e. The van der Waals surface area contributed by atoms with Gasteiger partial charge in [-0.25, -0.2) is 0 Å². The lowest BCUT2D eigenvalue weighted by atomic mass is 9.45. The third kappa shape index (κ3) is 3.06. The SMILES string of the molecule is CCCCCCCCCCCC12C3=CC=CC1=CC=C1C=CC=C(C=C3)C12C. The van der Waals surface area contributed by atoms with Crippen molar-refractivity contribution >= 4 is 0 Å². The van der Waals surface area contributed by atoms with Gasteiger partial charge in [0.2, 0.25) is 0 Å². The number of rotatable bonds is 10. The largest absolute Gasteiger partial charge is 0.0654 e. The van der Waals surface area contributed by atoms with E-state index >= 15 is 0 Å². The van der Waals surface area contributed by atoms with Gasteiger partial charge in [-0.1, -0.05) is 132 Å². The van der Waals surface area contributed by atoms with Crippen molar-refractivity contribution < 1.29 is 0 Å². The Morgan fingerprint density at radius 2 is 1.07 bits per heavy atom. The molecule has 0 fully saturated rings. The summed E-state index contributed by atoms with van der Waals surface area (Å²) in [5, 5.41) is 0. The second-order valence-corrected chi connectivity index (χ2v) is 9.15. The molecule has 28 heavy (non-hydrogen) atoms. The van der Waals surface area contributed by atoms with Gasteiger partial charge in [0.1, 0.15) is 0 Å². The van der Waals surface area contributed by atoms with E-state index in [2.05, 4.69) is 74.6 Å². The maximum atomic E-state index is 2.49. The van der Waals surface area contributed by atoms with Crippen molar-refractivity contribution in [2.24, 2.45) is 10.8 Å². The maximum absolute atomic E-state index is 2.49. The zero-order valence-corrected chi connectivity index (χ0v) is 17.8. The Morgan fingerprint density at radius 3 is 1.82 bits per heavy atom. The van der Waals surface area contributed by atoms with Crippen LogP contribution in [0.1, 0.15) is 78.1 Å². The molecule has 2 atom stereocenters. The van der Waals surface area contributed by atoms with Crippen LogP contribution in [0.25, 0.3) is 0 Å². The van der Waals surface area contributed by atoms with Crippen LogP contribution in [-0.2, 0) is 0 Å². The summed E-state index contributed by atoms with van der Waals surface area (Å²) in [6, 6.07) is 0. The van der Waals surface area contributed by atoms with Gasteiger partial charge in [-0.15, -0.1) is 0 Å². The first kappa shape index (κ1) is 19.5. The summed E-state index contributed by atoms with van der Waals surface area (Å²) in [5.74, 6) is 0. The van der Waals surface area contributed by atoms with E-state index < -0.39 is 0 Å². The van der Waals surface area contributed by atoms with Gasteiger partial charge in [0.25, 0.3) is 0 Å². The fraction of sp³-hybridized carbons (Fsp3) is 0.500. The minimum absolute atomic E-state index is 0.0807. The second kappa shape index (κ2) is 8.27. The molecule has 4 aliphatic rings. The first-order chi connectivity index (χ1) is 13.7. The van der Waals surface area contributed by atoms with E-state index in [9.17, 15) is 0 Å². The summed E-state index contributed by atoms with van der Waals surface area (Å²) in [4.78, 5) is 0. The van der Waals surface area contributed by atoms with Crippen molar-refractivity contribution in [1.82, 2.24) is 0 Å². The molecule has 0 aromatic rings. The van der Waals surface area contributed by atoms with Gasteiger partial charge >= 0.3 is 0 Å². The zero-order chi connectivity index (χ0) is 19.5.